The van der Waals surface area contributed by atoms with Gasteiger partial charge in [-0.25, -0.2) is 4.79 Å². The molecular weight excluding hydrogens is 328 g/mol. The van der Waals surface area contributed by atoms with Crippen LogP contribution in [0.25, 0.3) is 0 Å². The van der Waals surface area contributed by atoms with Gasteiger partial charge in [0.2, 0.25) is 5.91 Å². The molecule has 2 atom stereocenters. The van der Waals surface area contributed by atoms with Crippen LogP contribution in [-0.2, 0) is 16.0 Å². The van der Waals surface area contributed by atoms with Crippen molar-refractivity contribution in [2.24, 2.45) is 5.92 Å². The van der Waals surface area contributed by atoms with Crippen LogP contribution in [0.5, 0.6) is 0 Å². The van der Waals surface area contributed by atoms with E-state index in [4.69, 9.17) is 4.74 Å². The van der Waals surface area contributed by atoms with E-state index in [9.17, 15) is 9.59 Å². The van der Waals surface area contributed by atoms with Gasteiger partial charge in [-0.05, 0) is 55.6 Å². The highest BCUT2D eigenvalue weighted by Gasteiger charge is 2.23. The predicted molar refractivity (Wildman–Crippen MR) is 103 cm³/mol. The van der Waals surface area contributed by atoms with Gasteiger partial charge in [0, 0.05) is 19.0 Å². The standard InChI is InChI=1S/C21H32N2O3/c1-4-26-21(25)23-18(12-15(2)3)14-22-20(24)13-17-10-7-9-16-8-5-6-11-19(16)17/h5-6,8,11,15,17-18H,4,7,9-10,12-14H2,1-3H3,(H,22,24)(H,23,25). The zero-order chi connectivity index (χ0) is 18.9. The molecule has 144 valence electrons. The molecule has 0 spiro atoms. The molecule has 5 heteroatoms. The summed E-state index contributed by atoms with van der Waals surface area (Å²) in [6.07, 6.45) is 4.18. The third-order valence-electron chi connectivity index (χ3n) is 4.82. The van der Waals surface area contributed by atoms with E-state index in [-0.39, 0.29) is 11.9 Å². The number of carbonyl (C=O) groups excluding carboxylic acids is 2. The maximum Gasteiger partial charge on any atom is 0.407 e. The summed E-state index contributed by atoms with van der Waals surface area (Å²) in [6, 6.07) is 8.32. The molecule has 2 unspecified atom stereocenters. The van der Waals surface area contributed by atoms with E-state index in [2.05, 4.69) is 48.7 Å². The van der Waals surface area contributed by atoms with Gasteiger partial charge in [-0.15, -0.1) is 0 Å². The second-order valence-corrected chi connectivity index (χ2v) is 7.49. The van der Waals surface area contributed by atoms with Crippen molar-refractivity contribution in [2.75, 3.05) is 13.2 Å². The highest BCUT2D eigenvalue weighted by molar-refractivity contribution is 5.77. The maximum atomic E-state index is 12.5. The molecule has 5 nitrogen and oxygen atoms in total. The molecule has 0 bridgehead atoms. The molecule has 0 aliphatic heterocycles. The van der Waals surface area contributed by atoms with E-state index in [1.807, 2.05) is 0 Å². The van der Waals surface area contributed by atoms with Crippen molar-refractivity contribution in [1.82, 2.24) is 10.6 Å². The highest BCUT2D eigenvalue weighted by atomic mass is 16.5. The van der Waals surface area contributed by atoms with Gasteiger partial charge in [0.05, 0.1) is 6.61 Å². The van der Waals surface area contributed by atoms with Crippen molar-refractivity contribution in [2.45, 2.75) is 64.8 Å². The van der Waals surface area contributed by atoms with Gasteiger partial charge in [0.15, 0.2) is 0 Å². The molecule has 0 saturated heterocycles. The first-order valence-corrected chi connectivity index (χ1v) is 9.77. The van der Waals surface area contributed by atoms with Gasteiger partial charge in [0.25, 0.3) is 0 Å². The Hall–Kier alpha value is -2.04. The van der Waals surface area contributed by atoms with E-state index in [1.54, 1.807) is 6.92 Å². The first-order chi connectivity index (χ1) is 12.5. The normalized spacial score (nSPS) is 17.3. The monoisotopic (exact) mass is 360 g/mol. The summed E-state index contributed by atoms with van der Waals surface area (Å²) in [4.78, 5) is 24.2. The SMILES string of the molecule is CCOC(=O)NC(CNC(=O)CC1CCCc2ccccc21)CC(C)C. The van der Waals surface area contributed by atoms with Crippen molar-refractivity contribution < 1.29 is 14.3 Å². The van der Waals surface area contributed by atoms with Crippen LogP contribution in [0.4, 0.5) is 4.79 Å². The summed E-state index contributed by atoms with van der Waals surface area (Å²) in [7, 11) is 0. The lowest BCUT2D eigenvalue weighted by Crippen LogP contribution is -2.44. The zero-order valence-electron chi connectivity index (χ0n) is 16.2. The first kappa shape index (κ1) is 20.3. The number of amides is 2. The smallest absolute Gasteiger partial charge is 0.407 e. The summed E-state index contributed by atoms with van der Waals surface area (Å²) in [6.45, 7) is 6.75. The Morgan fingerprint density at radius 1 is 1.27 bits per heavy atom. The molecule has 1 aliphatic rings. The fourth-order valence-corrected chi connectivity index (χ4v) is 3.70. The number of nitrogens with one attached hydrogen (secondary N) is 2. The van der Waals surface area contributed by atoms with Crippen LogP contribution in [0.15, 0.2) is 24.3 Å². The van der Waals surface area contributed by atoms with Gasteiger partial charge >= 0.3 is 6.09 Å². The molecule has 0 radical (unpaired) electrons. The van der Waals surface area contributed by atoms with Crippen molar-refractivity contribution in [3.8, 4) is 0 Å². The van der Waals surface area contributed by atoms with Gasteiger partial charge < -0.3 is 15.4 Å². The number of carbonyl (C=O) groups is 2. The third kappa shape index (κ3) is 6.36. The summed E-state index contributed by atoms with van der Waals surface area (Å²) >= 11 is 0. The molecule has 1 aliphatic carbocycles. The molecule has 1 aromatic rings. The fraction of sp³-hybridized carbons (Fsp3) is 0.619. The summed E-state index contributed by atoms with van der Waals surface area (Å²) in [5.41, 5.74) is 2.69. The van der Waals surface area contributed by atoms with Crippen LogP contribution in [0.1, 0.15) is 63.5 Å². The van der Waals surface area contributed by atoms with Crippen LogP contribution in [0.2, 0.25) is 0 Å². The van der Waals surface area contributed by atoms with Crippen molar-refractivity contribution in [1.29, 1.82) is 0 Å². The largest absolute Gasteiger partial charge is 0.450 e. The maximum absolute atomic E-state index is 12.5. The molecule has 26 heavy (non-hydrogen) atoms. The Morgan fingerprint density at radius 2 is 2.04 bits per heavy atom. The number of alkyl carbamates (subject to hydrolysis) is 1. The fourth-order valence-electron chi connectivity index (χ4n) is 3.70. The Bertz CT molecular complexity index is 601. The lowest BCUT2D eigenvalue weighted by atomic mass is 9.81. The van der Waals surface area contributed by atoms with E-state index >= 15 is 0 Å². The third-order valence-corrected chi connectivity index (χ3v) is 4.82. The molecule has 0 heterocycles. The van der Waals surface area contributed by atoms with Crippen LogP contribution in [0.3, 0.4) is 0 Å². The number of hydrogen-bond acceptors (Lipinski definition) is 3. The number of ether oxygens (including phenoxy) is 1. The number of fused-ring (bicyclic) bond motifs is 1. The number of benzene rings is 1. The predicted octanol–water partition coefficient (Wildman–Crippen LogP) is 3.77. The minimum absolute atomic E-state index is 0.0473. The average molecular weight is 360 g/mol. The van der Waals surface area contributed by atoms with Gasteiger partial charge in [-0.1, -0.05) is 38.1 Å². The van der Waals surface area contributed by atoms with Crippen molar-refractivity contribution in [3.63, 3.8) is 0 Å². The van der Waals surface area contributed by atoms with Crippen LogP contribution in [-0.4, -0.2) is 31.2 Å². The molecular formula is C21H32N2O3. The van der Waals surface area contributed by atoms with Crippen molar-refractivity contribution in [3.05, 3.63) is 35.4 Å². The minimum Gasteiger partial charge on any atom is -0.450 e. The Morgan fingerprint density at radius 3 is 2.77 bits per heavy atom. The van der Waals surface area contributed by atoms with Gasteiger partial charge in [-0.2, -0.15) is 0 Å². The van der Waals surface area contributed by atoms with E-state index in [0.29, 0.717) is 31.4 Å². The highest BCUT2D eigenvalue weighted by Crippen LogP contribution is 2.33. The number of aryl methyl sites for hydroxylation is 1. The van der Waals surface area contributed by atoms with Crippen LogP contribution in [0, 0.1) is 5.92 Å². The molecule has 0 fully saturated rings. The van der Waals surface area contributed by atoms with E-state index in [0.717, 1.165) is 25.7 Å². The second kappa shape index (κ2) is 10.2. The van der Waals surface area contributed by atoms with Crippen molar-refractivity contribution >= 4 is 12.0 Å². The van der Waals surface area contributed by atoms with Gasteiger partial charge in [-0.3, -0.25) is 4.79 Å². The summed E-state index contributed by atoms with van der Waals surface area (Å²) in [5, 5.41) is 5.85. The molecule has 1 aromatic carbocycles. The first-order valence-electron chi connectivity index (χ1n) is 9.77. The van der Waals surface area contributed by atoms with Crippen LogP contribution < -0.4 is 10.6 Å². The molecule has 0 saturated carbocycles. The van der Waals surface area contributed by atoms with Crippen LogP contribution >= 0.6 is 0 Å². The lowest BCUT2D eigenvalue weighted by molar-refractivity contribution is -0.121. The van der Waals surface area contributed by atoms with E-state index in [1.165, 1.54) is 11.1 Å². The molecule has 0 aromatic heterocycles. The minimum atomic E-state index is -0.423. The number of rotatable bonds is 8. The summed E-state index contributed by atoms with van der Waals surface area (Å²) < 4.78 is 4.96. The molecule has 2 rings (SSSR count). The lowest BCUT2D eigenvalue weighted by Gasteiger charge is -2.26. The Balaban J connectivity index is 1.87. The Kier molecular flexibility index (Phi) is 7.95. The second-order valence-electron chi connectivity index (χ2n) is 7.49. The van der Waals surface area contributed by atoms with E-state index < -0.39 is 6.09 Å². The molecule has 2 N–H and O–H groups in total. The molecule has 2 amide bonds. The quantitative estimate of drug-likeness (QED) is 0.741. The topological polar surface area (TPSA) is 67.4 Å². The zero-order valence-corrected chi connectivity index (χ0v) is 16.2. The average Bonchev–Trinajstić information content (AvgIpc) is 2.60. The Labute approximate surface area is 156 Å². The summed E-state index contributed by atoms with van der Waals surface area (Å²) in [5.74, 6) is 0.761. The van der Waals surface area contributed by atoms with Gasteiger partial charge in [0.1, 0.15) is 0 Å². The number of hydrogen-bond donors (Lipinski definition) is 2.